The number of rotatable bonds is 36. The van der Waals surface area contributed by atoms with Crippen molar-refractivity contribution in [3.63, 3.8) is 0 Å². The molecule has 4 radical (unpaired) electrons. The van der Waals surface area contributed by atoms with Crippen LogP contribution in [-0.2, 0) is 29.9 Å². The van der Waals surface area contributed by atoms with Gasteiger partial charge in [0.05, 0.1) is 0 Å². The van der Waals surface area contributed by atoms with Crippen molar-refractivity contribution in [3.8, 4) is 0 Å². The van der Waals surface area contributed by atoms with E-state index in [9.17, 15) is 19.2 Å². The van der Waals surface area contributed by atoms with Gasteiger partial charge in [-0.15, -0.1) is 0 Å². The summed E-state index contributed by atoms with van der Waals surface area (Å²) >= 11 is -3.97. The van der Waals surface area contributed by atoms with E-state index < -0.39 is 50.3 Å². The first-order chi connectivity index (χ1) is 24.4. The molecular formula is C40H76O8Pb2. The van der Waals surface area contributed by atoms with Gasteiger partial charge in [-0.3, -0.25) is 0 Å². The molecule has 0 bridgehead atoms. The maximum absolute atomic E-state index is 11.6. The molecule has 0 aliphatic carbocycles. The van der Waals surface area contributed by atoms with Gasteiger partial charge in [0.1, 0.15) is 0 Å². The Morgan fingerprint density at radius 1 is 0.280 bits per heavy atom. The first-order valence-electron chi connectivity index (χ1n) is 20.7. The fourth-order valence-corrected chi connectivity index (χ4v) is 8.69. The van der Waals surface area contributed by atoms with Gasteiger partial charge in [-0.2, -0.15) is 0 Å². The fraction of sp³-hybridized carbons (Fsp3) is 0.900. The first-order valence-corrected chi connectivity index (χ1v) is 27.0. The van der Waals surface area contributed by atoms with E-state index in [1.54, 1.807) is 0 Å². The van der Waals surface area contributed by atoms with Crippen LogP contribution in [0.5, 0.6) is 0 Å². The van der Waals surface area contributed by atoms with Crippen LogP contribution in [-0.4, -0.2) is 74.2 Å². The van der Waals surface area contributed by atoms with Crippen LogP contribution in [0, 0.1) is 0 Å². The SMILES string of the molecule is CCCCCCCCCC(=O)[O][Pb][O]C(=O)CCCCCCCCC.CCCCCCCCCC(=O)[O][Pb][O]C(=O)CCCCCCCCC. The monoisotopic (exact) mass is 1100 g/mol. The molecule has 50 heavy (non-hydrogen) atoms. The van der Waals surface area contributed by atoms with Gasteiger partial charge in [0.15, 0.2) is 0 Å². The number of hydrogen-bond donors (Lipinski definition) is 0. The average molecular weight is 1100 g/mol. The zero-order valence-electron chi connectivity index (χ0n) is 32.9. The van der Waals surface area contributed by atoms with E-state index in [-0.39, 0.29) is 23.9 Å². The Kier molecular flexibility index (Phi) is 46.5. The summed E-state index contributed by atoms with van der Waals surface area (Å²) in [5, 5.41) is 0. The Morgan fingerprint density at radius 3 is 0.620 bits per heavy atom. The molecule has 0 fully saturated rings. The Balaban J connectivity index is 0. The van der Waals surface area contributed by atoms with Crippen molar-refractivity contribution >= 4 is 74.2 Å². The number of carbonyl (C=O) groups is 4. The summed E-state index contributed by atoms with van der Waals surface area (Å²) in [5.74, 6) is -0.720. The quantitative estimate of drug-likeness (QED) is 0.0451. The van der Waals surface area contributed by atoms with Crippen molar-refractivity contribution in [1.29, 1.82) is 0 Å². The second-order valence-electron chi connectivity index (χ2n) is 13.5. The molecule has 0 N–H and O–H groups in total. The summed E-state index contributed by atoms with van der Waals surface area (Å²) in [5.41, 5.74) is 0. The molecule has 0 saturated carbocycles. The van der Waals surface area contributed by atoms with Crippen molar-refractivity contribution in [2.75, 3.05) is 0 Å². The van der Waals surface area contributed by atoms with Crippen LogP contribution in [0.1, 0.15) is 233 Å². The van der Waals surface area contributed by atoms with Crippen LogP contribution in [0.4, 0.5) is 0 Å². The maximum atomic E-state index is 11.6. The molecule has 0 aromatic rings. The van der Waals surface area contributed by atoms with E-state index in [4.69, 9.17) is 10.7 Å². The first kappa shape index (κ1) is 51.8. The van der Waals surface area contributed by atoms with Crippen LogP contribution in [0.2, 0.25) is 0 Å². The van der Waals surface area contributed by atoms with Crippen LogP contribution in [0.3, 0.4) is 0 Å². The molecule has 8 nitrogen and oxygen atoms in total. The molecule has 0 aromatic carbocycles. The van der Waals surface area contributed by atoms with E-state index in [2.05, 4.69) is 27.7 Å². The van der Waals surface area contributed by atoms with Crippen LogP contribution in [0.15, 0.2) is 0 Å². The Labute approximate surface area is 334 Å². The third-order valence-electron chi connectivity index (χ3n) is 8.56. The fourth-order valence-electron chi connectivity index (χ4n) is 5.34. The zero-order chi connectivity index (χ0) is 37.2. The molecule has 0 rings (SSSR count). The summed E-state index contributed by atoms with van der Waals surface area (Å²) in [4.78, 5) is 46.3. The predicted octanol–water partition coefficient (Wildman–Crippen LogP) is 11.8. The molecule has 0 unspecified atom stereocenters. The van der Waals surface area contributed by atoms with Gasteiger partial charge >= 0.3 is 337 Å². The molecule has 0 aliphatic heterocycles. The van der Waals surface area contributed by atoms with E-state index in [1.807, 2.05) is 0 Å². The standard InChI is InChI=1S/4C10H20O2.2Pb/c4*1-2-3-4-5-6-7-8-9-10(11)12;;/h4*2-9H2,1H3,(H,11,12);;/q;;;;2*+2/p-4. The molecule has 0 saturated heterocycles. The van der Waals surface area contributed by atoms with Crippen LogP contribution in [0.25, 0.3) is 0 Å². The summed E-state index contributed by atoms with van der Waals surface area (Å²) < 4.78 is 20.6. The van der Waals surface area contributed by atoms with E-state index >= 15 is 0 Å². The van der Waals surface area contributed by atoms with Gasteiger partial charge in [-0.05, 0) is 0 Å². The van der Waals surface area contributed by atoms with Crippen molar-refractivity contribution in [3.05, 3.63) is 0 Å². The Hall–Kier alpha value is -0.276. The molecule has 10 heteroatoms. The molecule has 0 aliphatic rings. The van der Waals surface area contributed by atoms with Crippen molar-refractivity contribution in [2.45, 2.75) is 233 Å². The second kappa shape index (κ2) is 44.9. The van der Waals surface area contributed by atoms with Crippen molar-refractivity contribution in [2.24, 2.45) is 0 Å². The molecular weight excluding hydrogens is 1020 g/mol. The number of hydrogen-bond acceptors (Lipinski definition) is 8. The summed E-state index contributed by atoms with van der Waals surface area (Å²) in [6, 6.07) is 0. The number of carbonyl (C=O) groups excluding carboxylic acids is 4. The molecule has 0 aromatic heterocycles. The summed E-state index contributed by atoms with van der Waals surface area (Å²) in [6.45, 7) is 8.84. The second-order valence-corrected chi connectivity index (χ2v) is 18.0. The minimum atomic E-state index is -1.99. The van der Waals surface area contributed by atoms with Gasteiger partial charge in [-0.1, -0.05) is 0 Å². The van der Waals surface area contributed by atoms with Crippen molar-refractivity contribution < 1.29 is 29.9 Å². The normalized spacial score (nSPS) is 10.6. The van der Waals surface area contributed by atoms with E-state index in [0.717, 1.165) is 51.4 Å². The average Bonchev–Trinajstić information content (AvgIpc) is 3.10. The topological polar surface area (TPSA) is 105 Å². The van der Waals surface area contributed by atoms with Gasteiger partial charge in [0.2, 0.25) is 0 Å². The predicted molar refractivity (Wildman–Crippen MR) is 206 cm³/mol. The molecule has 0 amide bonds. The van der Waals surface area contributed by atoms with Gasteiger partial charge in [0.25, 0.3) is 0 Å². The number of unbranched alkanes of at least 4 members (excludes halogenated alkanes) is 24. The van der Waals surface area contributed by atoms with E-state index in [0.29, 0.717) is 25.7 Å². The molecule has 0 heterocycles. The Morgan fingerprint density at radius 2 is 0.440 bits per heavy atom. The third-order valence-corrected chi connectivity index (χ3v) is 13.4. The molecule has 292 valence electrons. The van der Waals surface area contributed by atoms with Crippen LogP contribution < -0.4 is 0 Å². The van der Waals surface area contributed by atoms with Gasteiger partial charge in [0, 0.05) is 0 Å². The third kappa shape index (κ3) is 45.7. The Bertz CT molecular complexity index is 644. The van der Waals surface area contributed by atoms with E-state index in [1.165, 1.54) is 128 Å². The van der Waals surface area contributed by atoms with Crippen LogP contribution >= 0.6 is 0 Å². The van der Waals surface area contributed by atoms with Crippen molar-refractivity contribution in [1.82, 2.24) is 0 Å². The van der Waals surface area contributed by atoms with Gasteiger partial charge < -0.3 is 0 Å². The molecule has 0 spiro atoms. The summed E-state index contributed by atoms with van der Waals surface area (Å²) in [7, 11) is 0. The van der Waals surface area contributed by atoms with Gasteiger partial charge in [-0.25, -0.2) is 0 Å². The zero-order valence-corrected chi connectivity index (χ0v) is 40.7. The molecule has 0 atom stereocenters. The minimum absolute atomic E-state index is 0.180. The summed E-state index contributed by atoms with van der Waals surface area (Å²) in [6.07, 6.45) is 35.1.